The highest BCUT2D eigenvalue weighted by molar-refractivity contribution is 5.91. The van der Waals surface area contributed by atoms with Crippen molar-refractivity contribution >= 4 is 17.3 Å². The quantitative estimate of drug-likeness (QED) is 0.815. The molecule has 0 bridgehead atoms. The number of nitrogens with two attached hydrogens (primary N) is 1. The molecule has 116 valence electrons. The molecule has 4 nitrogen and oxygen atoms in total. The Morgan fingerprint density at radius 2 is 2.10 bits per heavy atom. The molecule has 1 fully saturated rings. The lowest BCUT2D eigenvalue weighted by molar-refractivity contribution is -0.118. The Kier molecular flexibility index (Phi) is 5.23. The van der Waals surface area contributed by atoms with E-state index in [1.54, 1.807) is 12.1 Å². The monoisotopic (exact) mass is 290 g/mol. The van der Waals surface area contributed by atoms with Crippen molar-refractivity contribution in [3.63, 3.8) is 0 Å². The summed E-state index contributed by atoms with van der Waals surface area (Å²) in [6, 6.07) is 7.20. The highest BCUT2D eigenvalue weighted by Crippen LogP contribution is 2.36. The SMILES string of the molecule is CC1(C)CCC(OCCC(=O)Nc2cccc(N)c2)CC1. The molecule has 0 aliphatic heterocycles. The van der Waals surface area contributed by atoms with Crippen LogP contribution in [0.25, 0.3) is 0 Å². The van der Waals surface area contributed by atoms with Gasteiger partial charge in [-0.25, -0.2) is 0 Å². The summed E-state index contributed by atoms with van der Waals surface area (Å²) in [5.74, 6) is -0.0308. The van der Waals surface area contributed by atoms with Crippen LogP contribution >= 0.6 is 0 Å². The first-order valence-corrected chi connectivity index (χ1v) is 7.72. The first kappa shape index (κ1) is 15.8. The molecule has 0 saturated heterocycles. The van der Waals surface area contributed by atoms with E-state index in [1.165, 1.54) is 12.8 Å². The van der Waals surface area contributed by atoms with Crippen LogP contribution < -0.4 is 11.1 Å². The number of amides is 1. The van der Waals surface area contributed by atoms with Crippen molar-refractivity contribution in [1.29, 1.82) is 0 Å². The zero-order chi connectivity index (χ0) is 15.3. The fourth-order valence-electron chi connectivity index (χ4n) is 2.70. The average Bonchev–Trinajstić information content (AvgIpc) is 2.41. The number of carbonyl (C=O) groups is 1. The minimum atomic E-state index is -0.0308. The van der Waals surface area contributed by atoms with E-state index in [0.717, 1.165) is 18.5 Å². The van der Waals surface area contributed by atoms with Crippen LogP contribution in [0.3, 0.4) is 0 Å². The van der Waals surface area contributed by atoms with E-state index in [9.17, 15) is 4.79 Å². The molecule has 0 heterocycles. The van der Waals surface area contributed by atoms with Crippen LogP contribution in [0.4, 0.5) is 11.4 Å². The van der Waals surface area contributed by atoms with Crippen LogP contribution in [0.1, 0.15) is 46.0 Å². The first-order chi connectivity index (χ1) is 9.94. The molecule has 0 aromatic heterocycles. The molecule has 0 spiro atoms. The van der Waals surface area contributed by atoms with E-state index < -0.39 is 0 Å². The number of hydrogen-bond acceptors (Lipinski definition) is 3. The molecular weight excluding hydrogens is 264 g/mol. The molecule has 0 radical (unpaired) electrons. The maximum atomic E-state index is 11.8. The van der Waals surface area contributed by atoms with Gasteiger partial charge in [0.2, 0.25) is 5.91 Å². The maximum absolute atomic E-state index is 11.8. The van der Waals surface area contributed by atoms with Gasteiger partial charge in [0, 0.05) is 11.4 Å². The Balaban J connectivity index is 1.66. The molecule has 2 rings (SSSR count). The number of rotatable bonds is 5. The van der Waals surface area contributed by atoms with Gasteiger partial charge in [-0.05, 0) is 49.3 Å². The van der Waals surface area contributed by atoms with Crippen molar-refractivity contribution in [3.8, 4) is 0 Å². The van der Waals surface area contributed by atoms with E-state index in [-0.39, 0.29) is 5.91 Å². The van der Waals surface area contributed by atoms with Gasteiger partial charge in [0.15, 0.2) is 0 Å². The molecule has 3 N–H and O–H groups in total. The van der Waals surface area contributed by atoms with Crippen LogP contribution in [0, 0.1) is 5.41 Å². The Labute approximate surface area is 127 Å². The number of nitrogens with one attached hydrogen (secondary N) is 1. The van der Waals surface area contributed by atoms with Crippen molar-refractivity contribution < 1.29 is 9.53 Å². The number of nitrogen functional groups attached to an aromatic ring is 1. The summed E-state index contributed by atoms with van der Waals surface area (Å²) in [4.78, 5) is 11.8. The molecule has 1 aromatic carbocycles. The second-order valence-corrected chi connectivity index (χ2v) is 6.66. The molecule has 1 aliphatic carbocycles. The topological polar surface area (TPSA) is 64.3 Å². The summed E-state index contributed by atoms with van der Waals surface area (Å²) in [5.41, 5.74) is 7.51. The van der Waals surface area contributed by atoms with Crippen molar-refractivity contribution in [3.05, 3.63) is 24.3 Å². The summed E-state index contributed by atoms with van der Waals surface area (Å²) in [6.07, 6.45) is 5.31. The maximum Gasteiger partial charge on any atom is 0.226 e. The van der Waals surface area contributed by atoms with Crippen LogP contribution in [-0.4, -0.2) is 18.6 Å². The molecule has 4 heteroatoms. The van der Waals surface area contributed by atoms with E-state index >= 15 is 0 Å². The van der Waals surface area contributed by atoms with E-state index in [0.29, 0.717) is 30.2 Å². The second-order valence-electron chi connectivity index (χ2n) is 6.66. The molecular formula is C17H26N2O2. The summed E-state index contributed by atoms with van der Waals surface area (Å²) < 4.78 is 5.82. The molecule has 0 unspecified atom stereocenters. The van der Waals surface area contributed by atoms with Gasteiger partial charge in [-0.1, -0.05) is 19.9 Å². The fraction of sp³-hybridized carbons (Fsp3) is 0.588. The van der Waals surface area contributed by atoms with Crippen LogP contribution in [-0.2, 0) is 9.53 Å². The largest absolute Gasteiger partial charge is 0.399 e. The standard InChI is InChI=1S/C17H26N2O2/c1-17(2)9-6-15(7-10-17)21-11-8-16(20)19-14-5-3-4-13(18)12-14/h3-5,12,15H,6-11,18H2,1-2H3,(H,19,20). The van der Waals surface area contributed by atoms with Crippen molar-refractivity contribution in [2.24, 2.45) is 5.41 Å². The minimum absolute atomic E-state index is 0.0308. The smallest absolute Gasteiger partial charge is 0.226 e. The van der Waals surface area contributed by atoms with Crippen LogP contribution in [0.15, 0.2) is 24.3 Å². The van der Waals surface area contributed by atoms with Gasteiger partial charge in [0.1, 0.15) is 0 Å². The molecule has 21 heavy (non-hydrogen) atoms. The van der Waals surface area contributed by atoms with E-state index in [4.69, 9.17) is 10.5 Å². The summed E-state index contributed by atoms with van der Waals surface area (Å²) in [5, 5.41) is 2.83. The number of anilines is 2. The molecule has 1 aromatic rings. The third-order valence-corrected chi connectivity index (χ3v) is 4.14. The number of carbonyl (C=O) groups excluding carboxylic acids is 1. The van der Waals surface area contributed by atoms with Crippen molar-refractivity contribution in [2.75, 3.05) is 17.7 Å². The Hall–Kier alpha value is -1.55. The average molecular weight is 290 g/mol. The van der Waals surface area contributed by atoms with Crippen molar-refractivity contribution in [1.82, 2.24) is 0 Å². The Bertz CT molecular complexity index is 475. The number of hydrogen-bond donors (Lipinski definition) is 2. The van der Waals surface area contributed by atoms with E-state index in [2.05, 4.69) is 19.2 Å². The normalized spacial score (nSPS) is 18.4. The lowest BCUT2D eigenvalue weighted by Gasteiger charge is -2.34. The third-order valence-electron chi connectivity index (χ3n) is 4.14. The highest BCUT2D eigenvalue weighted by Gasteiger charge is 2.27. The van der Waals surface area contributed by atoms with Gasteiger partial charge in [-0.15, -0.1) is 0 Å². The Morgan fingerprint density at radius 1 is 1.38 bits per heavy atom. The minimum Gasteiger partial charge on any atom is -0.399 e. The summed E-state index contributed by atoms with van der Waals surface area (Å²) in [6.45, 7) is 5.10. The predicted molar refractivity (Wildman–Crippen MR) is 86.1 cm³/mol. The van der Waals surface area contributed by atoms with Crippen LogP contribution in [0.2, 0.25) is 0 Å². The summed E-state index contributed by atoms with van der Waals surface area (Å²) in [7, 11) is 0. The molecule has 1 aliphatic rings. The van der Waals surface area contributed by atoms with Gasteiger partial charge in [0.05, 0.1) is 19.1 Å². The van der Waals surface area contributed by atoms with Gasteiger partial charge in [-0.3, -0.25) is 4.79 Å². The molecule has 1 amide bonds. The van der Waals surface area contributed by atoms with Gasteiger partial charge in [-0.2, -0.15) is 0 Å². The number of ether oxygens (including phenoxy) is 1. The highest BCUT2D eigenvalue weighted by atomic mass is 16.5. The van der Waals surface area contributed by atoms with Crippen LogP contribution in [0.5, 0.6) is 0 Å². The molecule has 0 atom stereocenters. The first-order valence-electron chi connectivity index (χ1n) is 7.72. The van der Waals surface area contributed by atoms with Crippen molar-refractivity contribution in [2.45, 2.75) is 52.1 Å². The lowest BCUT2D eigenvalue weighted by Crippen LogP contribution is -2.27. The predicted octanol–water partition coefficient (Wildman–Crippen LogP) is 3.58. The third kappa shape index (κ3) is 5.38. The molecule has 1 saturated carbocycles. The number of benzene rings is 1. The zero-order valence-corrected chi connectivity index (χ0v) is 13.0. The summed E-state index contributed by atoms with van der Waals surface area (Å²) >= 11 is 0. The van der Waals surface area contributed by atoms with Gasteiger partial charge >= 0.3 is 0 Å². The zero-order valence-electron chi connectivity index (χ0n) is 13.0. The Morgan fingerprint density at radius 3 is 2.76 bits per heavy atom. The second kappa shape index (κ2) is 6.94. The lowest BCUT2D eigenvalue weighted by atomic mass is 9.76. The van der Waals surface area contributed by atoms with E-state index in [1.807, 2.05) is 12.1 Å². The van der Waals surface area contributed by atoms with Gasteiger partial charge < -0.3 is 15.8 Å². The fourth-order valence-corrected chi connectivity index (χ4v) is 2.70. The van der Waals surface area contributed by atoms with Gasteiger partial charge in [0.25, 0.3) is 0 Å².